The lowest BCUT2D eigenvalue weighted by Crippen LogP contribution is -2.38. The first-order valence-electron chi connectivity index (χ1n) is 12.4. The van der Waals surface area contributed by atoms with Crippen LogP contribution in [0, 0.1) is 0 Å². The molecule has 3 heterocycles. The van der Waals surface area contributed by atoms with E-state index in [0.717, 1.165) is 43.2 Å². The Bertz CT molecular complexity index is 1160. The van der Waals surface area contributed by atoms with Crippen LogP contribution in [0.3, 0.4) is 0 Å². The maximum absolute atomic E-state index is 13.3. The van der Waals surface area contributed by atoms with Gasteiger partial charge in [0.05, 0.1) is 6.61 Å². The van der Waals surface area contributed by atoms with E-state index in [0.29, 0.717) is 12.2 Å². The smallest absolute Gasteiger partial charge is 0.193 e. The van der Waals surface area contributed by atoms with Crippen LogP contribution in [-0.4, -0.2) is 36.4 Å². The van der Waals surface area contributed by atoms with Crippen molar-refractivity contribution in [3.63, 3.8) is 0 Å². The molecule has 0 spiro atoms. The number of thiophene rings is 1. The molecule has 2 aliphatic rings. The van der Waals surface area contributed by atoms with Crippen molar-refractivity contribution in [1.82, 2.24) is 4.90 Å². The molecule has 3 nitrogen and oxygen atoms in total. The van der Waals surface area contributed by atoms with E-state index in [9.17, 15) is 4.79 Å². The summed E-state index contributed by atoms with van der Waals surface area (Å²) >= 11 is 1.78. The third kappa shape index (κ3) is 4.92. The van der Waals surface area contributed by atoms with Crippen LogP contribution in [0.1, 0.15) is 73.4 Å². The number of hydrogen-bond acceptors (Lipinski definition) is 4. The number of carbonyl (C=O) groups excluding carboxylic acids is 1. The minimum Gasteiger partial charge on any atom is -0.494 e. The van der Waals surface area contributed by atoms with Crippen molar-refractivity contribution in [3.8, 4) is 5.75 Å². The minimum atomic E-state index is 0.0574. The molecule has 0 radical (unpaired) electrons. The monoisotopic (exact) mass is 459 g/mol. The highest BCUT2D eigenvalue weighted by molar-refractivity contribution is 7.17. The standard InChI is InChI=1S/C29H33NO2S/c1-2-3-17-32-25-9-6-7-22(18-25)29(31)23-11-13-28-26(19-23)27(20-33-28)21-10-12-24-8-4-5-15-30(24)16-14-21/h6-7,9,11,13-14,18-20,24H,2-5,8,10,12,15-17H2,1H3. The highest BCUT2D eigenvalue weighted by atomic mass is 32.1. The van der Waals surface area contributed by atoms with Gasteiger partial charge in [-0.3, -0.25) is 9.69 Å². The molecule has 1 saturated heterocycles. The molecule has 1 aromatic heterocycles. The molecule has 3 aromatic rings. The Morgan fingerprint density at radius 3 is 2.94 bits per heavy atom. The second-order valence-electron chi connectivity index (χ2n) is 9.33. The lowest BCUT2D eigenvalue weighted by Gasteiger charge is -2.33. The van der Waals surface area contributed by atoms with Crippen LogP contribution < -0.4 is 4.74 Å². The van der Waals surface area contributed by atoms with Gasteiger partial charge in [-0.05, 0) is 85.5 Å². The van der Waals surface area contributed by atoms with Gasteiger partial charge in [0.15, 0.2) is 5.78 Å². The number of fused-ring (bicyclic) bond motifs is 2. The molecule has 5 rings (SSSR count). The lowest BCUT2D eigenvalue weighted by molar-refractivity contribution is 0.103. The number of nitrogens with zero attached hydrogens (tertiary/aromatic N) is 1. The fourth-order valence-corrected chi connectivity index (χ4v) is 6.14. The Morgan fingerprint density at radius 2 is 2.03 bits per heavy atom. The van der Waals surface area contributed by atoms with Crippen LogP contribution in [0.15, 0.2) is 53.9 Å². The van der Waals surface area contributed by atoms with E-state index < -0.39 is 0 Å². The normalized spacial score (nSPS) is 19.1. The molecule has 2 aliphatic heterocycles. The van der Waals surface area contributed by atoms with Gasteiger partial charge < -0.3 is 4.74 Å². The van der Waals surface area contributed by atoms with Crippen molar-refractivity contribution < 1.29 is 9.53 Å². The predicted octanol–water partition coefficient (Wildman–Crippen LogP) is 7.34. The Balaban J connectivity index is 1.40. The second kappa shape index (κ2) is 10.2. The van der Waals surface area contributed by atoms with Gasteiger partial charge in [0, 0.05) is 33.8 Å². The lowest BCUT2D eigenvalue weighted by atomic mass is 9.94. The predicted molar refractivity (Wildman–Crippen MR) is 139 cm³/mol. The molecular formula is C29H33NO2S. The van der Waals surface area contributed by atoms with E-state index in [-0.39, 0.29) is 5.78 Å². The summed E-state index contributed by atoms with van der Waals surface area (Å²) in [6, 6.07) is 14.5. The van der Waals surface area contributed by atoms with Crippen LogP contribution in [0.5, 0.6) is 5.75 Å². The SMILES string of the molecule is CCCCOc1cccc(C(=O)c2ccc3scc(C4=CCN5CCCCC5CC4)c3c2)c1. The number of benzene rings is 2. The highest BCUT2D eigenvalue weighted by Crippen LogP contribution is 2.37. The summed E-state index contributed by atoms with van der Waals surface area (Å²) in [7, 11) is 0. The zero-order chi connectivity index (χ0) is 22.6. The summed E-state index contributed by atoms with van der Waals surface area (Å²) in [5, 5.41) is 3.50. The Kier molecular flexibility index (Phi) is 6.93. The third-order valence-corrected chi connectivity index (χ3v) is 8.08. The number of piperidine rings is 1. The first-order valence-corrected chi connectivity index (χ1v) is 13.3. The van der Waals surface area contributed by atoms with Crippen molar-refractivity contribution in [2.24, 2.45) is 0 Å². The largest absolute Gasteiger partial charge is 0.494 e. The summed E-state index contributed by atoms with van der Waals surface area (Å²) in [5.41, 5.74) is 4.21. The van der Waals surface area contributed by atoms with Crippen LogP contribution >= 0.6 is 11.3 Å². The van der Waals surface area contributed by atoms with Gasteiger partial charge in [-0.1, -0.05) is 38.0 Å². The average Bonchev–Trinajstić information content (AvgIpc) is 3.16. The van der Waals surface area contributed by atoms with Gasteiger partial charge in [-0.25, -0.2) is 0 Å². The molecular weight excluding hydrogens is 426 g/mol. The van der Waals surface area contributed by atoms with Crippen molar-refractivity contribution >= 4 is 32.8 Å². The summed E-state index contributed by atoms with van der Waals surface area (Å²) < 4.78 is 7.07. The van der Waals surface area contributed by atoms with Crippen LogP contribution in [0.25, 0.3) is 15.7 Å². The minimum absolute atomic E-state index is 0.0574. The van der Waals surface area contributed by atoms with Gasteiger partial charge in [-0.2, -0.15) is 0 Å². The fourth-order valence-electron chi connectivity index (χ4n) is 5.17. The highest BCUT2D eigenvalue weighted by Gasteiger charge is 2.25. The Labute approximate surface area is 201 Å². The zero-order valence-corrected chi connectivity index (χ0v) is 20.3. The van der Waals surface area contributed by atoms with E-state index >= 15 is 0 Å². The van der Waals surface area contributed by atoms with E-state index in [4.69, 9.17) is 4.74 Å². The molecule has 2 aromatic carbocycles. The molecule has 172 valence electrons. The van der Waals surface area contributed by atoms with E-state index in [1.165, 1.54) is 53.5 Å². The van der Waals surface area contributed by atoms with E-state index in [1.54, 1.807) is 11.3 Å². The molecule has 1 atom stereocenters. The molecule has 0 N–H and O–H groups in total. The maximum Gasteiger partial charge on any atom is 0.193 e. The van der Waals surface area contributed by atoms with Crippen molar-refractivity contribution in [2.75, 3.05) is 19.7 Å². The number of hydrogen-bond donors (Lipinski definition) is 0. The number of carbonyl (C=O) groups is 1. The van der Waals surface area contributed by atoms with Gasteiger partial charge in [0.1, 0.15) is 5.75 Å². The molecule has 1 unspecified atom stereocenters. The number of allylic oxidation sites excluding steroid dienone is 1. The van der Waals surface area contributed by atoms with E-state index in [2.05, 4.69) is 35.4 Å². The fraction of sp³-hybridized carbons (Fsp3) is 0.414. The molecule has 1 fully saturated rings. The molecule has 0 aliphatic carbocycles. The summed E-state index contributed by atoms with van der Waals surface area (Å²) in [6.07, 6.45) is 11.0. The average molecular weight is 460 g/mol. The van der Waals surface area contributed by atoms with Crippen molar-refractivity contribution in [3.05, 3.63) is 70.6 Å². The van der Waals surface area contributed by atoms with E-state index in [1.807, 2.05) is 30.3 Å². The molecule has 0 amide bonds. The van der Waals surface area contributed by atoms with Crippen LogP contribution in [0.4, 0.5) is 0 Å². The Morgan fingerprint density at radius 1 is 1.12 bits per heavy atom. The molecule has 0 saturated carbocycles. The second-order valence-corrected chi connectivity index (χ2v) is 10.2. The van der Waals surface area contributed by atoms with Gasteiger partial charge in [-0.15, -0.1) is 11.3 Å². The van der Waals surface area contributed by atoms with Crippen molar-refractivity contribution in [1.29, 1.82) is 0 Å². The number of unbranched alkanes of at least 4 members (excludes halogenated alkanes) is 1. The number of rotatable bonds is 7. The quantitative estimate of drug-likeness (QED) is 0.273. The first-order chi connectivity index (χ1) is 16.2. The summed E-state index contributed by atoms with van der Waals surface area (Å²) in [6.45, 7) is 5.12. The Hall–Kier alpha value is -2.43. The zero-order valence-electron chi connectivity index (χ0n) is 19.5. The maximum atomic E-state index is 13.3. The van der Waals surface area contributed by atoms with Crippen LogP contribution in [-0.2, 0) is 0 Å². The molecule has 33 heavy (non-hydrogen) atoms. The first kappa shape index (κ1) is 22.4. The van der Waals surface area contributed by atoms with Crippen molar-refractivity contribution in [2.45, 2.75) is 57.9 Å². The number of ketones is 1. The molecule has 4 heteroatoms. The number of ether oxygens (including phenoxy) is 1. The summed E-state index contributed by atoms with van der Waals surface area (Å²) in [5.74, 6) is 0.827. The van der Waals surface area contributed by atoms with Gasteiger partial charge >= 0.3 is 0 Å². The van der Waals surface area contributed by atoms with Gasteiger partial charge in [0.2, 0.25) is 0 Å². The van der Waals surface area contributed by atoms with Crippen LogP contribution in [0.2, 0.25) is 0 Å². The summed E-state index contributed by atoms with van der Waals surface area (Å²) in [4.78, 5) is 16.0. The van der Waals surface area contributed by atoms with Gasteiger partial charge in [0.25, 0.3) is 0 Å². The topological polar surface area (TPSA) is 29.5 Å². The third-order valence-electron chi connectivity index (χ3n) is 7.11. The molecule has 0 bridgehead atoms.